The third kappa shape index (κ3) is 1.84. The maximum atomic E-state index is 7.78. The van der Waals surface area contributed by atoms with Gasteiger partial charge in [-0.2, -0.15) is 0 Å². The van der Waals surface area contributed by atoms with Gasteiger partial charge >= 0.3 is 0 Å². The summed E-state index contributed by atoms with van der Waals surface area (Å²) in [6.07, 6.45) is 1.72. The molecule has 5 heteroatoms. The normalized spacial score (nSPS) is 10.9. The van der Waals surface area contributed by atoms with Gasteiger partial charge in [0.05, 0.1) is 16.8 Å². The number of amidine groups is 1. The van der Waals surface area contributed by atoms with Crippen LogP contribution in [0.15, 0.2) is 36.7 Å². The van der Waals surface area contributed by atoms with Crippen LogP contribution in [0.1, 0.15) is 17.0 Å². The fourth-order valence-corrected chi connectivity index (χ4v) is 2.20. The minimum absolute atomic E-state index is 0.00371. The summed E-state index contributed by atoms with van der Waals surface area (Å²) in [5.74, 6) is 0.651. The van der Waals surface area contributed by atoms with E-state index in [1.807, 2.05) is 48.7 Å². The van der Waals surface area contributed by atoms with Gasteiger partial charge in [0.1, 0.15) is 18.0 Å². The molecule has 0 unspecified atom stereocenters. The summed E-state index contributed by atoms with van der Waals surface area (Å²) < 4.78 is 1.87. The van der Waals surface area contributed by atoms with Crippen molar-refractivity contribution < 1.29 is 0 Å². The first kappa shape index (κ1) is 12.3. The highest BCUT2D eigenvalue weighted by Crippen LogP contribution is 2.21. The minimum atomic E-state index is 0.00371. The lowest BCUT2D eigenvalue weighted by Crippen LogP contribution is -2.16. The SMILES string of the molecule is Cc1ncn(-c2nc3ccccc3cc2C(=N)N)c1C. The Morgan fingerprint density at radius 1 is 1.25 bits per heavy atom. The van der Waals surface area contributed by atoms with Crippen molar-refractivity contribution in [1.82, 2.24) is 14.5 Å². The Morgan fingerprint density at radius 3 is 2.65 bits per heavy atom. The van der Waals surface area contributed by atoms with Gasteiger partial charge < -0.3 is 5.73 Å². The first-order valence-electron chi connectivity index (χ1n) is 6.33. The number of nitrogens with one attached hydrogen (secondary N) is 1. The molecule has 0 atom stereocenters. The number of nitrogens with two attached hydrogens (primary N) is 1. The molecule has 3 aromatic rings. The van der Waals surface area contributed by atoms with Crippen molar-refractivity contribution in [3.05, 3.63) is 53.6 Å². The molecule has 3 rings (SSSR count). The van der Waals surface area contributed by atoms with E-state index in [0.29, 0.717) is 11.4 Å². The van der Waals surface area contributed by atoms with Crippen molar-refractivity contribution in [2.24, 2.45) is 5.73 Å². The zero-order valence-electron chi connectivity index (χ0n) is 11.4. The summed E-state index contributed by atoms with van der Waals surface area (Å²) in [5.41, 5.74) is 9.13. The molecule has 100 valence electrons. The molecule has 0 aliphatic heterocycles. The Hall–Kier alpha value is -2.69. The summed E-state index contributed by atoms with van der Waals surface area (Å²) >= 11 is 0. The Labute approximate surface area is 116 Å². The van der Waals surface area contributed by atoms with Crippen LogP contribution in [0, 0.1) is 19.3 Å². The van der Waals surface area contributed by atoms with Gasteiger partial charge in [-0.05, 0) is 26.0 Å². The van der Waals surface area contributed by atoms with Crippen LogP contribution in [-0.4, -0.2) is 20.4 Å². The van der Waals surface area contributed by atoms with Gasteiger partial charge in [-0.1, -0.05) is 18.2 Å². The summed E-state index contributed by atoms with van der Waals surface area (Å²) in [7, 11) is 0. The molecular formula is C15H15N5. The number of aromatic nitrogens is 3. The van der Waals surface area contributed by atoms with Crippen LogP contribution >= 0.6 is 0 Å². The van der Waals surface area contributed by atoms with E-state index in [1.54, 1.807) is 6.33 Å². The highest BCUT2D eigenvalue weighted by Gasteiger charge is 2.14. The van der Waals surface area contributed by atoms with Crippen molar-refractivity contribution in [2.75, 3.05) is 0 Å². The van der Waals surface area contributed by atoms with Crippen molar-refractivity contribution in [2.45, 2.75) is 13.8 Å². The Bertz CT molecular complexity index is 816. The molecule has 5 nitrogen and oxygen atoms in total. The minimum Gasteiger partial charge on any atom is -0.384 e. The van der Waals surface area contributed by atoms with Crippen LogP contribution in [0.4, 0.5) is 0 Å². The Kier molecular flexibility index (Phi) is 2.75. The van der Waals surface area contributed by atoms with Gasteiger partial charge in [-0.3, -0.25) is 9.98 Å². The van der Waals surface area contributed by atoms with Gasteiger partial charge in [-0.25, -0.2) is 9.97 Å². The fraction of sp³-hybridized carbons (Fsp3) is 0.133. The van der Waals surface area contributed by atoms with E-state index in [1.165, 1.54) is 0 Å². The number of para-hydroxylation sites is 1. The van der Waals surface area contributed by atoms with E-state index in [9.17, 15) is 0 Å². The number of rotatable bonds is 2. The molecule has 0 aliphatic carbocycles. The Morgan fingerprint density at radius 2 is 2.00 bits per heavy atom. The summed E-state index contributed by atoms with van der Waals surface area (Å²) in [6, 6.07) is 9.69. The van der Waals surface area contributed by atoms with Crippen LogP contribution < -0.4 is 5.73 Å². The third-order valence-electron chi connectivity index (χ3n) is 3.47. The molecule has 0 amide bonds. The predicted molar refractivity (Wildman–Crippen MR) is 79.4 cm³/mol. The number of nitrogen functional groups attached to an aromatic ring is 1. The van der Waals surface area contributed by atoms with Gasteiger partial charge in [0.25, 0.3) is 0 Å². The number of nitrogens with zero attached hydrogens (tertiary/aromatic N) is 3. The maximum absolute atomic E-state index is 7.78. The molecule has 0 saturated heterocycles. The lowest BCUT2D eigenvalue weighted by atomic mass is 10.1. The van der Waals surface area contributed by atoms with Crippen LogP contribution in [0.25, 0.3) is 16.7 Å². The molecule has 0 fully saturated rings. The fourth-order valence-electron chi connectivity index (χ4n) is 2.20. The third-order valence-corrected chi connectivity index (χ3v) is 3.47. The number of fused-ring (bicyclic) bond motifs is 1. The molecule has 1 aromatic carbocycles. The molecule has 0 spiro atoms. The standard InChI is InChI=1S/C15H15N5/c1-9-10(2)20(8-18-9)15-12(14(16)17)7-11-5-3-4-6-13(11)19-15/h3-8H,1-2H3,(H3,16,17). The zero-order chi connectivity index (χ0) is 14.3. The smallest absolute Gasteiger partial charge is 0.149 e. The lowest BCUT2D eigenvalue weighted by Gasteiger charge is -2.11. The Balaban J connectivity index is 2.35. The molecule has 0 aliphatic rings. The second-order valence-electron chi connectivity index (χ2n) is 4.75. The highest BCUT2D eigenvalue weighted by atomic mass is 15.1. The van der Waals surface area contributed by atoms with Gasteiger partial charge in [0.15, 0.2) is 0 Å². The molecule has 0 radical (unpaired) electrons. The first-order chi connectivity index (χ1) is 9.58. The number of pyridine rings is 1. The summed E-state index contributed by atoms with van der Waals surface area (Å²) in [5, 5.41) is 8.75. The number of benzene rings is 1. The van der Waals surface area contributed by atoms with Crippen LogP contribution in [0.2, 0.25) is 0 Å². The highest BCUT2D eigenvalue weighted by molar-refractivity contribution is 6.01. The first-order valence-corrected chi connectivity index (χ1v) is 6.33. The molecule has 20 heavy (non-hydrogen) atoms. The van der Waals surface area contributed by atoms with E-state index >= 15 is 0 Å². The molecule has 2 aromatic heterocycles. The van der Waals surface area contributed by atoms with Crippen molar-refractivity contribution in [1.29, 1.82) is 5.41 Å². The average Bonchev–Trinajstić information content (AvgIpc) is 2.77. The van der Waals surface area contributed by atoms with Crippen LogP contribution in [0.5, 0.6) is 0 Å². The van der Waals surface area contributed by atoms with Gasteiger partial charge in [0, 0.05) is 11.1 Å². The summed E-state index contributed by atoms with van der Waals surface area (Å²) in [6.45, 7) is 3.92. The lowest BCUT2D eigenvalue weighted by molar-refractivity contribution is 0.955. The number of hydrogen-bond acceptors (Lipinski definition) is 3. The molecular weight excluding hydrogens is 250 g/mol. The molecule has 0 saturated carbocycles. The van der Waals surface area contributed by atoms with E-state index in [0.717, 1.165) is 22.3 Å². The second kappa shape index (κ2) is 4.45. The van der Waals surface area contributed by atoms with Crippen molar-refractivity contribution in [3.8, 4) is 5.82 Å². The van der Waals surface area contributed by atoms with E-state index in [-0.39, 0.29) is 5.84 Å². The monoisotopic (exact) mass is 265 g/mol. The summed E-state index contributed by atoms with van der Waals surface area (Å²) in [4.78, 5) is 8.93. The van der Waals surface area contributed by atoms with Crippen molar-refractivity contribution >= 4 is 16.7 Å². The van der Waals surface area contributed by atoms with Gasteiger partial charge in [-0.15, -0.1) is 0 Å². The van der Waals surface area contributed by atoms with Crippen LogP contribution in [-0.2, 0) is 0 Å². The molecule has 2 heterocycles. The van der Waals surface area contributed by atoms with E-state index in [4.69, 9.17) is 11.1 Å². The molecule has 3 N–H and O–H groups in total. The maximum Gasteiger partial charge on any atom is 0.149 e. The largest absolute Gasteiger partial charge is 0.384 e. The zero-order valence-corrected chi connectivity index (χ0v) is 11.4. The van der Waals surface area contributed by atoms with E-state index < -0.39 is 0 Å². The number of hydrogen-bond donors (Lipinski definition) is 2. The van der Waals surface area contributed by atoms with E-state index in [2.05, 4.69) is 9.97 Å². The quantitative estimate of drug-likeness (QED) is 0.551. The second-order valence-corrected chi connectivity index (χ2v) is 4.75. The average molecular weight is 265 g/mol. The van der Waals surface area contributed by atoms with Crippen LogP contribution in [0.3, 0.4) is 0 Å². The van der Waals surface area contributed by atoms with Crippen molar-refractivity contribution in [3.63, 3.8) is 0 Å². The van der Waals surface area contributed by atoms with Gasteiger partial charge in [0.2, 0.25) is 0 Å². The molecule has 0 bridgehead atoms. The number of imidazole rings is 1. The number of aryl methyl sites for hydroxylation is 1. The topological polar surface area (TPSA) is 80.6 Å². The predicted octanol–water partition coefficient (Wildman–Crippen LogP) is 2.32.